The van der Waals surface area contributed by atoms with Crippen molar-refractivity contribution in [3.8, 4) is 11.5 Å². The SMILES string of the molecule is CC(C)(C)C[S@@](=O)N[C@H](CC1CCOCC1)c1ccc(Cl)c(Oc2ccccc2)c1F. The highest BCUT2D eigenvalue weighted by atomic mass is 35.5. The quantitative estimate of drug-likeness (QED) is 0.486. The molecule has 31 heavy (non-hydrogen) atoms. The van der Waals surface area contributed by atoms with E-state index in [0.29, 0.717) is 42.6 Å². The van der Waals surface area contributed by atoms with Gasteiger partial charge in [-0.1, -0.05) is 56.6 Å². The van der Waals surface area contributed by atoms with E-state index in [-0.39, 0.29) is 16.2 Å². The van der Waals surface area contributed by atoms with Crippen LogP contribution in [0.2, 0.25) is 5.02 Å². The Morgan fingerprint density at radius 2 is 1.87 bits per heavy atom. The number of ether oxygens (including phenoxy) is 2. The van der Waals surface area contributed by atoms with Crippen LogP contribution in [-0.2, 0) is 15.7 Å². The second-order valence-corrected chi connectivity index (χ2v) is 10.8. The number of halogens is 2. The van der Waals surface area contributed by atoms with Gasteiger partial charge >= 0.3 is 0 Å². The van der Waals surface area contributed by atoms with Gasteiger partial charge in [0.1, 0.15) is 5.75 Å². The summed E-state index contributed by atoms with van der Waals surface area (Å²) in [5.41, 5.74) is 0.311. The Labute approximate surface area is 192 Å². The smallest absolute Gasteiger partial charge is 0.181 e. The molecule has 1 saturated heterocycles. The summed E-state index contributed by atoms with van der Waals surface area (Å²) in [6.07, 6.45) is 2.49. The number of para-hydroxylation sites is 1. The van der Waals surface area contributed by atoms with Crippen LogP contribution in [-0.4, -0.2) is 23.2 Å². The lowest BCUT2D eigenvalue weighted by molar-refractivity contribution is 0.0612. The maximum atomic E-state index is 15.6. The molecular formula is C24H31ClFNO3S. The summed E-state index contributed by atoms with van der Waals surface area (Å²) in [5, 5.41) is 0.200. The van der Waals surface area contributed by atoms with Crippen molar-refractivity contribution in [2.75, 3.05) is 19.0 Å². The Balaban J connectivity index is 1.89. The summed E-state index contributed by atoms with van der Waals surface area (Å²) in [4.78, 5) is 0. The second kappa shape index (κ2) is 10.9. The van der Waals surface area contributed by atoms with E-state index in [4.69, 9.17) is 21.1 Å². The molecule has 2 aromatic rings. The van der Waals surface area contributed by atoms with Gasteiger partial charge in [0.2, 0.25) is 0 Å². The minimum absolute atomic E-state index is 0.00857. The van der Waals surface area contributed by atoms with E-state index in [1.807, 2.05) is 39.0 Å². The van der Waals surface area contributed by atoms with Gasteiger partial charge in [-0.15, -0.1) is 0 Å². The molecule has 170 valence electrons. The third kappa shape index (κ3) is 7.28. The first-order valence-electron chi connectivity index (χ1n) is 10.7. The molecule has 1 heterocycles. The lowest BCUT2D eigenvalue weighted by Crippen LogP contribution is -2.32. The Hall–Kier alpha value is -1.47. The van der Waals surface area contributed by atoms with E-state index in [9.17, 15) is 4.21 Å². The molecule has 2 aromatic carbocycles. The summed E-state index contributed by atoms with van der Waals surface area (Å²) >= 11 is 6.28. The molecule has 1 aliphatic heterocycles. The molecule has 1 aliphatic rings. The van der Waals surface area contributed by atoms with Gasteiger partial charge in [0.15, 0.2) is 11.6 Å². The number of rotatable bonds is 8. The van der Waals surface area contributed by atoms with Crippen LogP contribution < -0.4 is 9.46 Å². The highest BCUT2D eigenvalue weighted by Crippen LogP contribution is 2.38. The van der Waals surface area contributed by atoms with Gasteiger partial charge in [0.25, 0.3) is 0 Å². The number of hydrogen-bond donors (Lipinski definition) is 1. The first-order chi connectivity index (χ1) is 14.7. The predicted molar refractivity (Wildman–Crippen MR) is 124 cm³/mol. The highest BCUT2D eigenvalue weighted by Gasteiger charge is 2.28. The molecule has 1 N–H and O–H groups in total. The third-order valence-corrected chi connectivity index (χ3v) is 7.14. The molecule has 0 radical (unpaired) electrons. The van der Waals surface area contributed by atoms with Gasteiger partial charge in [-0.05, 0) is 48.8 Å². The first kappa shape index (κ1) is 24.2. The summed E-state index contributed by atoms with van der Waals surface area (Å²) in [5.74, 6) is 0.816. The Bertz CT molecular complexity index is 882. The van der Waals surface area contributed by atoms with Crippen molar-refractivity contribution in [1.29, 1.82) is 0 Å². The number of nitrogens with one attached hydrogen (secondary N) is 1. The molecule has 0 bridgehead atoms. The van der Waals surface area contributed by atoms with E-state index >= 15 is 4.39 Å². The number of hydrogen-bond acceptors (Lipinski definition) is 3. The standard InChI is InChI=1S/C24H31ClFNO3S/c1-24(2,3)16-31(28)27-21(15-17-11-13-29-14-12-17)19-9-10-20(25)23(22(19)26)30-18-7-5-4-6-8-18/h4-10,17,21,27H,11-16H2,1-3H3/t21-,31-/m1/s1. The average molecular weight is 468 g/mol. The topological polar surface area (TPSA) is 47.6 Å². The zero-order chi connectivity index (χ0) is 22.4. The fourth-order valence-electron chi connectivity index (χ4n) is 3.66. The molecule has 2 atom stereocenters. The van der Waals surface area contributed by atoms with Gasteiger partial charge in [-0.25, -0.2) is 13.3 Å². The molecule has 4 nitrogen and oxygen atoms in total. The monoisotopic (exact) mass is 467 g/mol. The van der Waals surface area contributed by atoms with E-state index < -0.39 is 22.8 Å². The van der Waals surface area contributed by atoms with Crippen molar-refractivity contribution in [2.45, 2.75) is 46.1 Å². The molecule has 0 spiro atoms. The van der Waals surface area contributed by atoms with E-state index in [1.165, 1.54) is 0 Å². The molecule has 0 aliphatic carbocycles. The molecule has 1 fully saturated rings. The maximum Gasteiger partial charge on any atom is 0.181 e. The fraction of sp³-hybridized carbons (Fsp3) is 0.500. The van der Waals surface area contributed by atoms with Gasteiger partial charge < -0.3 is 9.47 Å². The zero-order valence-electron chi connectivity index (χ0n) is 18.3. The molecule has 0 amide bonds. The van der Waals surface area contributed by atoms with Crippen LogP contribution >= 0.6 is 11.6 Å². The third-order valence-electron chi connectivity index (χ3n) is 5.17. The Kier molecular flexibility index (Phi) is 8.50. The molecule has 0 unspecified atom stereocenters. The van der Waals surface area contributed by atoms with E-state index in [1.54, 1.807) is 24.3 Å². The van der Waals surface area contributed by atoms with Gasteiger partial charge in [0.05, 0.1) is 16.0 Å². The normalized spacial score (nSPS) is 17.3. The molecule has 0 aromatic heterocycles. The Morgan fingerprint density at radius 1 is 1.19 bits per heavy atom. The summed E-state index contributed by atoms with van der Waals surface area (Å²) in [6, 6.07) is 11.9. The van der Waals surface area contributed by atoms with Crippen LogP contribution in [0.4, 0.5) is 4.39 Å². The summed E-state index contributed by atoms with van der Waals surface area (Å²) in [7, 11) is -1.30. The lowest BCUT2D eigenvalue weighted by atomic mass is 9.89. The summed E-state index contributed by atoms with van der Waals surface area (Å²) in [6.45, 7) is 7.51. The fourth-order valence-corrected chi connectivity index (χ4v) is 5.26. The van der Waals surface area contributed by atoms with Crippen LogP contribution in [0, 0.1) is 17.2 Å². The van der Waals surface area contributed by atoms with E-state index in [2.05, 4.69) is 4.72 Å². The average Bonchev–Trinajstić information content (AvgIpc) is 2.71. The van der Waals surface area contributed by atoms with Gasteiger partial charge in [-0.2, -0.15) is 0 Å². The summed E-state index contributed by atoms with van der Waals surface area (Å²) < 4.78 is 42.9. The van der Waals surface area contributed by atoms with Crippen molar-refractivity contribution < 1.29 is 18.1 Å². The van der Waals surface area contributed by atoms with Crippen LogP contribution in [0.3, 0.4) is 0 Å². The Morgan fingerprint density at radius 3 is 2.52 bits per heavy atom. The lowest BCUT2D eigenvalue weighted by Gasteiger charge is -2.29. The van der Waals surface area contributed by atoms with Crippen molar-refractivity contribution in [3.05, 3.63) is 58.9 Å². The van der Waals surface area contributed by atoms with Crippen molar-refractivity contribution >= 4 is 22.6 Å². The molecule has 0 saturated carbocycles. The van der Waals surface area contributed by atoms with Crippen molar-refractivity contribution in [1.82, 2.24) is 4.72 Å². The molecule has 7 heteroatoms. The minimum Gasteiger partial charge on any atom is -0.453 e. The minimum atomic E-state index is -1.30. The zero-order valence-corrected chi connectivity index (χ0v) is 19.9. The van der Waals surface area contributed by atoms with Crippen LogP contribution in [0.1, 0.15) is 51.6 Å². The number of benzene rings is 2. The van der Waals surface area contributed by atoms with Crippen LogP contribution in [0.5, 0.6) is 11.5 Å². The maximum absolute atomic E-state index is 15.6. The first-order valence-corrected chi connectivity index (χ1v) is 12.4. The van der Waals surface area contributed by atoms with Crippen LogP contribution in [0.25, 0.3) is 0 Å². The van der Waals surface area contributed by atoms with Crippen molar-refractivity contribution in [3.63, 3.8) is 0 Å². The van der Waals surface area contributed by atoms with E-state index in [0.717, 1.165) is 12.8 Å². The van der Waals surface area contributed by atoms with Crippen LogP contribution in [0.15, 0.2) is 42.5 Å². The van der Waals surface area contributed by atoms with Gasteiger partial charge in [-0.3, -0.25) is 0 Å². The van der Waals surface area contributed by atoms with Gasteiger partial charge in [0, 0.05) is 30.6 Å². The predicted octanol–water partition coefficient (Wildman–Crippen LogP) is 6.43. The van der Waals surface area contributed by atoms with Crippen molar-refractivity contribution in [2.24, 2.45) is 11.3 Å². The molecular weight excluding hydrogens is 437 g/mol. The largest absolute Gasteiger partial charge is 0.453 e. The second-order valence-electron chi connectivity index (χ2n) is 9.21. The molecule has 3 rings (SSSR count). The highest BCUT2D eigenvalue weighted by molar-refractivity contribution is 7.83.